The Morgan fingerprint density at radius 1 is 1.47 bits per heavy atom. The van der Waals surface area contributed by atoms with Gasteiger partial charge in [-0.05, 0) is 20.8 Å². The van der Waals surface area contributed by atoms with Crippen molar-refractivity contribution in [1.29, 1.82) is 0 Å². The van der Waals surface area contributed by atoms with E-state index in [1.165, 1.54) is 5.69 Å². The van der Waals surface area contributed by atoms with E-state index in [0.717, 1.165) is 18.7 Å². The number of ether oxygens (including phenoxy) is 1. The van der Waals surface area contributed by atoms with E-state index < -0.39 is 5.60 Å². The molecule has 1 fully saturated rings. The molecule has 1 amide bonds. The van der Waals surface area contributed by atoms with Crippen molar-refractivity contribution in [3.05, 3.63) is 17.7 Å². The van der Waals surface area contributed by atoms with Gasteiger partial charge >= 0.3 is 6.09 Å². The smallest absolute Gasteiger partial charge is 0.410 e. The molecule has 6 nitrogen and oxygen atoms in total. The van der Waals surface area contributed by atoms with Crippen molar-refractivity contribution in [2.45, 2.75) is 38.3 Å². The topological polar surface area (TPSA) is 70.2 Å². The van der Waals surface area contributed by atoms with Gasteiger partial charge in [-0.3, -0.25) is 0 Å². The minimum absolute atomic E-state index is 0.176. The third kappa shape index (κ3) is 2.10. The average Bonchev–Trinajstić information content (AvgIpc) is 2.70. The lowest BCUT2D eigenvalue weighted by atomic mass is 9.82. The fourth-order valence-corrected chi connectivity index (χ4v) is 2.76. The van der Waals surface area contributed by atoms with Crippen LogP contribution in [-0.2, 0) is 16.7 Å². The van der Waals surface area contributed by atoms with E-state index in [1.54, 1.807) is 11.2 Å². The summed E-state index contributed by atoms with van der Waals surface area (Å²) in [6, 6.07) is 0. The van der Waals surface area contributed by atoms with E-state index in [9.17, 15) is 4.79 Å². The molecule has 1 saturated heterocycles. The van der Waals surface area contributed by atoms with E-state index in [0.29, 0.717) is 13.1 Å². The third-order valence-electron chi connectivity index (χ3n) is 3.58. The van der Waals surface area contributed by atoms with Crippen molar-refractivity contribution in [2.75, 3.05) is 19.6 Å². The number of imidazole rings is 1. The van der Waals surface area contributed by atoms with Crippen LogP contribution in [0.4, 0.5) is 4.79 Å². The molecule has 1 aromatic heterocycles. The summed E-state index contributed by atoms with van der Waals surface area (Å²) >= 11 is 0. The molecule has 2 aliphatic heterocycles. The van der Waals surface area contributed by atoms with Gasteiger partial charge in [0.15, 0.2) is 0 Å². The molecule has 0 aliphatic carbocycles. The van der Waals surface area contributed by atoms with Gasteiger partial charge in [-0.25, -0.2) is 9.78 Å². The van der Waals surface area contributed by atoms with E-state index in [1.807, 2.05) is 20.8 Å². The zero-order chi connectivity index (χ0) is 13.7. The highest BCUT2D eigenvalue weighted by Crippen LogP contribution is 2.35. The molecule has 2 aliphatic rings. The summed E-state index contributed by atoms with van der Waals surface area (Å²) in [6.07, 6.45) is 2.45. The van der Waals surface area contributed by atoms with Crippen molar-refractivity contribution in [3.63, 3.8) is 0 Å². The van der Waals surface area contributed by atoms with Crippen LogP contribution in [0.1, 0.15) is 32.2 Å². The maximum atomic E-state index is 12.0. The molecular formula is C13H20N4O2. The van der Waals surface area contributed by atoms with Crippen LogP contribution in [0.5, 0.6) is 0 Å². The summed E-state index contributed by atoms with van der Waals surface area (Å²) in [4.78, 5) is 21.3. The van der Waals surface area contributed by atoms with Gasteiger partial charge in [0.25, 0.3) is 0 Å². The molecule has 0 atom stereocenters. The number of rotatable bonds is 0. The van der Waals surface area contributed by atoms with Crippen molar-refractivity contribution >= 4 is 6.09 Å². The molecule has 1 spiro atoms. The van der Waals surface area contributed by atoms with Crippen molar-refractivity contribution in [2.24, 2.45) is 0 Å². The van der Waals surface area contributed by atoms with Crippen LogP contribution in [0.25, 0.3) is 0 Å². The number of carbonyl (C=O) groups excluding carboxylic acids is 1. The highest BCUT2D eigenvalue weighted by Gasteiger charge is 2.51. The zero-order valence-corrected chi connectivity index (χ0v) is 11.6. The molecule has 2 N–H and O–H groups in total. The Hall–Kier alpha value is -1.56. The summed E-state index contributed by atoms with van der Waals surface area (Å²) in [5, 5.41) is 3.49. The summed E-state index contributed by atoms with van der Waals surface area (Å²) in [5.74, 6) is 0. The molecule has 0 bridgehead atoms. The number of aromatic nitrogens is 2. The second-order valence-corrected chi connectivity index (χ2v) is 6.32. The second-order valence-electron chi connectivity index (χ2n) is 6.32. The Bertz CT molecular complexity index is 497. The fraction of sp³-hybridized carbons (Fsp3) is 0.692. The molecule has 1 aromatic rings. The number of amides is 1. The molecule has 6 heteroatoms. The molecule has 19 heavy (non-hydrogen) atoms. The number of nitrogens with zero attached hydrogens (tertiary/aromatic N) is 2. The number of carbonyl (C=O) groups is 1. The SMILES string of the molecule is CC(C)(C)OC(=O)N1CC2(C1)NCCc1[nH]cnc12. The van der Waals surface area contributed by atoms with Crippen molar-refractivity contribution in [1.82, 2.24) is 20.2 Å². The fourth-order valence-electron chi connectivity index (χ4n) is 2.76. The standard InChI is InChI=1S/C13H20N4O2/c1-12(2,3)19-11(18)17-6-13(7-17)10-9(4-5-16-13)14-8-15-10/h8,16H,4-7H2,1-3H3,(H,14,15). The number of H-pyrrole nitrogens is 1. The van der Waals surface area contributed by atoms with Crippen LogP contribution in [0.2, 0.25) is 0 Å². The van der Waals surface area contributed by atoms with Crippen LogP contribution in [-0.4, -0.2) is 46.2 Å². The summed E-state index contributed by atoms with van der Waals surface area (Å²) < 4.78 is 5.38. The first kappa shape index (κ1) is 12.5. The maximum absolute atomic E-state index is 12.0. The molecule has 104 valence electrons. The van der Waals surface area contributed by atoms with Gasteiger partial charge in [0, 0.05) is 31.7 Å². The second kappa shape index (κ2) is 3.96. The normalized spacial score (nSPS) is 20.9. The van der Waals surface area contributed by atoms with Crippen LogP contribution in [0.3, 0.4) is 0 Å². The van der Waals surface area contributed by atoms with Crippen molar-refractivity contribution in [3.8, 4) is 0 Å². The minimum Gasteiger partial charge on any atom is -0.444 e. The first-order chi connectivity index (χ1) is 8.90. The van der Waals surface area contributed by atoms with E-state index in [-0.39, 0.29) is 11.6 Å². The number of hydrogen-bond donors (Lipinski definition) is 2. The quantitative estimate of drug-likeness (QED) is 0.733. The lowest BCUT2D eigenvalue weighted by molar-refractivity contribution is -0.0205. The lowest BCUT2D eigenvalue weighted by Gasteiger charge is -2.51. The van der Waals surface area contributed by atoms with Crippen LogP contribution < -0.4 is 5.32 Å². The van der Waals surface area contributed by atoms with E-state index in [2.05, 4.69) is 15.3 Å². The Morgan fingerprint density at radius 2 is 2.21 bits per heavy atom. The van der Waals surface area contributed by atoms with Crippen LogP contribution in [0, 0.1) is 0 Å². The monoisotopic (exact) mass is 264 g/mol. The van der Waals surface area contributed by atoms with Gasteiger partial charge in [0.2, 0.25) is 0 Å². The first-order valence-electron chi connectivity index (χ1n) is 6.65. The number of hydrogen-bond acceptors (Lipinski definition) is 4. The predicted octanol–water partition coefficient (Wildman–Crippen LogP) is 1.00. The number of fused-ring (bicyclic) bond motifs is 2. The highest BCUT2D eigenvalue weighted by atomic mass is 16.6. The number of nitrogens with one attached hydrogen (secondary N) is 2. The van der Waals surface area contributed by atoms with Gasteiger partial charge in [0.1, 0.15) is 5.60 Å². The van der Waals surface area contributed by atoms with Crippen molar-refractivity contribution < 1.29 is 9.53 Å². The predicted molar refractivity (Wildman–Crippen MR) is 69.8 cm³/mol. The Kier molecular flexibility index (Phi) is 2.60. The Labute approximate surface area is 112 Å². The molecule has 3 heterocycles. The summed E-state index contributed by atoms with van der Waals surface area (Å²) in [5.41, 5.74) is 1.61. The highest BCUT2D eigenvalue weighted by molar-refractivity contribution is 5.70. The van der Waals surface area contributed by atoms with Gasteiger partial charge < -0.3 is 19.9 Å². The van der Waals surface area contributed by atoms with Gasteiger partial charge in [-0.1, -0.05) is 0 Å². The summed E-state index contributed by atoms with van der Waals surface area (Å²) in [6.45, 7) is 7.80. The molecule has 0 radical (unpaired) electrons. The molecule has 0 aromatic carbocycles. The molecule has 0 saturated carbocycles. The largest absolute Gasteiger partial charge is 0.444 e. The van der Waals surface area contributed by atoms with Crippen LogP contribution in [0.15, 0.2) is 6.33 Å². The van der Waals surface area contributed by atoms with Gasteiger partial charge in [0.05, 0.1) is 17.6 Å². The molecule has 0 unspecified atom stereocenters. The number of aromatic amines is 1. The third-order valence-corrected chi connectivity index (χ3v) is 3.58. The van der Waals surface area contributed by atoms with Gasteiger partial charge in [-0.2, -0.15) is 0 Å². The van der Waals surface area contributed by atoms with Gasteiger partial charge in [-0.15, -0.1) is 0 Å². The van der Waals surface area contributed by atoms with E-state index in [4.69, 9.17) is 4.74 Å². The Balaban J connectivity index is 1.69. The van der Waals surface area contributed by atoms with E-state index >= 15 is 0 Å². The number of likely N-dealkylation sites (tertiary alicyclic amines) is 1. The first-order valence-corrected chi connectivity index (χ1v) is 6.65. The molecule has 3 rings (SSSR count). The molecular weight excluding hydrogens is 244 g/mol. The Morgan fingerprint density at radius 3 is 2.89 bits per heavy atom. The lowest BCUT2D eigenvalue weighted by Crippen LogP contribution is -2.70. The summed E-state index contributed by atoms with van der Waals surface area (Å²) in [7, 11) is 0. The maximum Gasteiger partial charge on any atom is 0.410 e. The minimum atomic E-state index is -0.447. The average molecular weight is 264 g/mol. The van der Waals surface area contributed by atoms with Crippen LogP contribution >= 0.6 is 0 Å². The zero-order valence-electron chi connectivity index (χ0n) is 11.6.